The minimum Gasteiger partial charge on any atom is -0.326 e. The SMILES string of the molecule is NCc1cc([N+](=O)[O-])c(C(F)(F)F)cc1I. The number of nitro benzene ring substituents is 1. The van der Waals surface area contributed by atoms with E-state index in [2.05, 4.69) is 0 Å². The molecule has 0 spiro atoms. The number of hydrogen-bond donors (Lipinski definition) is 1. The van der Waals surface area contributed by atoms with E-state index in [-0.39, 0.29) is 10.1 Å². The van der Waals surface area contributed by atoms with Crippen molar-refractivity contribution in [3.05, 3.63) is 36.9 Å². The van der Waals surface area contributed by atoms with Crippen LogP contribution in [0.2, 0.25) is 0 Å². The van der Waals surface area contributed by atoms with Crippen LogP contribution in [-0.2, 0) is 12.7 Å². The van der Waals surface area contributed by atoms with Crippen molar-refractivity contribution in [1.29, 1.82) is 0 Å². The Kier molecular flexibility index (Phi) is 3.73. The van der Waals surface area contributed by atoms with E-state index in [0.29, 0.717) is 5.56 Å². The molecule has 88 valence electrons. The van der Waals surface area contributed by atoms with Crippen molar-refractivity contribution in [3.63, 3.8) is 0 Å². The van der Waals surface area contributed by atoms with Gasteiger partial charge in [0.25, 0.3) is 5.69 Å². The highest BCUT2D eigenvalue weighted by molar-refractivity contribution is 14.1. The third kappa shape index (κ3) is 2.61. The Labute approximate surface area is 102 Å². The summed E-state index contributed by atoms with van der Waals surface area (Å²) < 4.78 is 37.7. The number of rotatable bonds is 2. The van der Waals surface area contributed by atoms with Crippen molar-refractivity contribution in [3.8, 4) is 0 Å². The molecule has 0 amide bonds. The van der Waals surface area contributed by atoms with Crippen molar-refractivity contribution >= 4 is 28.3 Å². The van der Waals surface area contributed by atoms with Crippen LogP contribution < -0.4 is 5.73 Å². The summed E-state index contributed by atoms with van der Waals surface area (Å²) in [6, 6.07) is 1.60. The largest absolute Gasteiger partial charge is 0.423 e. The van der Waals surface area contributed by atoms with Gasteiger partial charge in [0.15, 0.2) is 0 Å². The van der Waals surface area contributed by atoms with Crippen LogP contribution in [0.4, 0.5) is 18.9 Å². The molecule has 0 saturated heterocycles. The quantitative estimate of drug-likeness (QED) is 0.509. The number of hydrogen-bond acceptors (Lipinski definition) is 3. The van der Waals surface area contributed by atoms with E-state index in [1.807, 2.05) is 0 Å². The van der Waals surface area contributed by atoms with Gasteiger partial charge in [0.1, 0.15) is 5.56 Å². The van der Waals surface area contributed by atoms with Crippen molar-refractivity contribution in [2.24, 2.45) is 5.73 Å². The number of nitrogens with two attached hydrogens (primary N) is 1. The highest BCUT2D eigenvalue weighted by Gasteiger charge is 2.38. The Balaban J connectivity index is 3.49. The van der Waals surface area contributed by atoms with Crippen molar-refractivity contribution in [2.75, 3.05) is 0 Å². The lowest BCUT2D eigenvalue weighted by Crippen LogP contribution is -2.11. The summed E-state index contributed by atoms with van der Waals surface area (Å²) in [6.45, 7) is -0.0444. The second-order valence-corrected chi connectivity index (χ2v) is 4.08. The molecule has 16 heavy (non-hydrogen) atoms. The molecule has 0 fully saturated rings. The fraction of sp³-hybridized carbons (Fsp3) is 0.250. The monoisotopic (exact) mass is 346 g/mol. The van der Waals surface area contributed by atoms with E-state index in [0.717, 1.165) is 12.1 Å². The molecule has 1 aromatic rings. The second kappa shape index (κ2) is 4.53. The van der Waals surface area contributed by atoms with Crippen LogP contribution in [0.5, 0.6) is 0 Å². The van der Waals surface area contributed by atoms with Crippen molar-refractivity contribution in [1.82, 2.24) is 0 Å². The van der Waals surface area contributed by atoms with Crippen molar-refractivity contribution in [2.45, 2.75) is 12.7 Å². The first-order valence-electron chi connectivity index (χ1n) is 4.01. The lowest BCUT2D eigenvalue weighted by atomic mass is 10.1. The van der Waals surface area contributed by atoms with Gasteiger partial charge >= 0.3 is 6.18 Å². The first-order valence-corrected chi connectivity index (χ1v) is 5.09. The molecular formula is C8H6F3IN2O2. The molecule has 0 aliphatic carbocycles. The fourth-order valence-corrected chi connectivity index (χ4v) is 1.83. The molecular weight excluding hydrogens is 340 g/mol. The van der Waals surface area contributed by atoms with E-state index in [1.54, 1.807) is 22.6 Å². The molecule has 8 heteroatoms. The Morgan fingerprint density at radius 3 is 2.38 bits per heavy atom. The molecule has 2 N–H and O–H groups in total. The van der Waals surface area contributed by atoms with Crippen LogP contribution in [0.25, 0.3) is 0 Å². The molecule has 0 aliphatic heterocycles. The van der Waals surface area contributed by atoms with Crippen LogP contribution in [-0.4, -0.2) is 4.92 Å². The molecule has 1 aromatic carbocycles. The Hall–Kier alpha value is -0.900. The summed E-state index contributed by atoms with van der Waals surface area (Å²) in [5.74, 6) is 0. The first kappa shape index (κ1) is 13.2. The van der Waals surface area contributed by atoms with Gasteiger partial charge in [-0.3, -0.25) is 10.1 Å². The highest BCUT2D eigenvalue weighted by atomic mass is 127. The van der Waals surface area contributed by atoms with Crippen LogP contribution in [0, 0.1) is 13.7 Å². The molecule has 0 heterocycles. The number of halogens is 4. The van der Waals surface area contributed by atoms with E-state index in [9.17, 15) is 23.3 Å². The summed E-state index contributed by atoms with van der Waals surface area (Å²) in [5, 5.41) is 10.5. The zero-order chi connectivity index (χ0) is 12.5. The molecule has 0 saturated carbocycles. The third-order valence-electron chi connectivity index (χ3n) is 1.89. The van der Waals surface area contributed by atoms with Gasteiger partial charge in [-0.15, -0.1) is 0 Å². The topological polar surface area (TPSA) is 69.2 Å². The van der Waals surface area contributed by atoms with Gasteiger partial charge in [0.2, 0.25) is 0 Å². The predicted molar refractivity (Wildman–Crippen MR) is 58.7 cm³/mol. The molecule has 0 bridgehead atoms. The number of nitro groups is 1. The summed E-state index contributed by atoms with van der Waals surface area (Å²) in [6.07, 6.45) is -4.74. The normalized spacial score (nSPS) is 11.6. The highest BCUT2D eigenvalue weighted by Crippen LogP contribution is 2.37. The zero-order valence-electron chi connectivity index (χ0n) is 7.71. The van der Waals surface area contributed by atoms with E-state index >= 15 is 0 Å². The zero-order valence-corrected chi connectivity index (χ0v) is 9.87. The minimum absolute atomic E-state index is 0.0444. The molecule has 0 radical (unpaired) electrons. The van der Waals surface area contributed by atoms with Gasteiger partial charge in [-0.1, -0.05) is 0 Å². The van der Waals surface area contributed by atoms with Crippen LogP contribution in [0.1, 0.15) is 11.1 Å². The molecule has 0 atom stereocenters. The summed E-state index contributed by atoms with van der Waals surface area (Å²) in [7, 11) is 0. The predicted octanol–water partition coefficient (Wildman–Crippen LogP) is 2.68. The maximum Gasteiger partial charge on any atom is 0.423 e. The number of nitrogens with zero attached hydrogens (tertiary/aromatic N) is 1. The minimum atomic E-state index is -4.74. The summed E-state index contributed by atoms with van der Waals surface area (Å²) in [4.78, 5) is 9.45. The Morgan fingerprint density at radius 2 is 2.00 bits per heavy atom. The number of benzene rings is 1. The Bertz CT molecular complexity index is 434. The maximum atomic E-state index is 12.5. The van der Waals surface area contributed by atoms with Crippen LogP contribution in [0.3, 0.4) is 0 Å². The second-order valence-electron chi connectivity index (χ2n) is 2.92. The van der Waals surface area contributed by atoms with Crippen molar-refractivity contribution < 1.29 is 18.1 Å². The van der Waals surface area contributed by atoms with Gasteiger partial charge in [-0.05, 0) is 34.2 Å². The lowest BCUT2D eigenvalue weighted by molar-refractivity contribution is -0.388. The van der Waals surface area contributed by atoms with Gasteiger partial charge in [-0.25, -0.2) is 0 Å². The summed E-state index contributed by atoms with van der Waals surface area (Å²) >= 11 is 1.66. The number of alkyl halides is 3. The Morgan fingerprint density at radius 1 is 1.44 bits per heavy atom. The van der Waals surface area contributed by atoms with Crippen LogP contribution >= 0.6 is 22.6 Å². The molecule has 4 nitrogen and oxygen atoms in total. The molecule has 0 aliphatic rings. The maximum absolute atomic E-state index is 12.5. The van der Waals surface area contributed by atoms with E-state index in [1.165, 1.54) is 0 Å². The van der Waals surface area contributed by atoms with Gasteiger partial charge in [0.05, 0.1) is 4.92 Å². The standard InChI is InChI=1S/C8H6F3IN2O2/c9-8(10,11)5-2-6(12)4(3-13)1-7(5)14(15)16/h1-2H,3,13H2. The van der Waals surface area contributed by atoms with Gasteiger partial charge in [0, 0.05) is 16.2 Å². The average Bonchev–Trinajstić information content (AvgIpc) is 2.15. The fourth-order valence-electron chi connectivity index (χ4n) is 1.14. The summed E-state index contributed by atoms with van der Waals surface area (Å²) in [5.41, 5.74) is 3.37. The molecule has 0 aromatic heterocycles. The third-order valence-corrected chi connectivity index (χ3v) is 2.89. The smallest absolute Gasteiger partial charge is 0.326 e. The lowest BCUT2D eigenvalue weighted by Gasteiger charge is -2.10. The molecule has 1 rings (SSSR count). The first-order chi connectivity index (χ1) is 7.27. The van der Waals surface area contributed by atoms with Crippen LogP contribution in [0.15, 0.2) is 12.1 Å². The van der Waals surface area contributed by atoms with Gasteiger partial charge in [-0.2, -0.15) is 13.2 Å². The van der Waals surface area contributed by atoms with E-state index in [4.69, 9.17) is 5.73 Å². The average molecular weight is 346 g/mol. The molecule has 0 unspecified atom stereocenters. The van der Waals surface area contributed by atoms with E-state index < -0.39 is 22.4 Å². The van der Waals surface area contributed by atoms with Gasteiger partial charge < -0.3 is 5.73 Å².